The minimum Gasteiger partial charge on any atom is -0.370 e. The highest BCUT2D eigenvalue weighted by Crippen LogP contribution is 2.12. The highest BCUT2D eigenvalue weighted by molar-refractivity contribution is 6.30. The first-order valence-electron chi connectivity index (χ1n) is 8.88. The van der Waals surface area contributed by atoms with Crippen molar-refractivity contribution in [2.45, 2.75) is 19.9 Å². The van der Waals surface area contributed by atoms with Crippen molar-refractivity contribution in [1.82, 2.24) is 10.3 Å². The fourth-order valence-corrected chi connectivity index (χ4v) is 2.98. The number of amides is 1. The van der Waals surface area contributed by atoms with Gasteiger partial charge in [0.1, 0.15) is 5.82 Å². The number of aromatic nitrogens is 1. The van der Waals surface area contributed by atoms with Crippen molar-refractivity contribution in [1.29, 1.82) is 0 Å². The molecule has 0 aliphatic rings. The van der Waals surface area contributed by atoms with Crippen molar-refractivity contribution < 1.29 is 4.79 Å². The van der Waals surface area contributed by atoms with Crippen LogP contribution in [0.5, 0.6) is 0 Å². The molecule has 5 heteroatoms. The Bertz CT molecular complexity index is 909. The van der Waals surface area contributed by atoms with Crippen molar-refractivity contribution in [2.75, 3.05) is 11.9 Å². The Labute approximate surface area is 164 Å². The molecule has 3 aromatic rings. The molecular weight excluding hydrogens is 358 g/mol. The zero-order valence-electron chi connectivity index (χ0n) is 15.2. The number of carbonyl (C=O) groups excluding carboxylic acids is 1. The maximum absolute atomic E-state index is 12.3. The maximum Gasteiger partial charge on any atom is 0.253 e. The third-order valence-electron chi connectivity index (χ3n) is 4.17. The molecule has 0 radical (unpaired) electrons. The molecule has 0 unspecified atom stereocenters. The molecule has 1 aromatic heterocycles. The fraction of sp³-hybridized carbons (Fsp3) is 0.182. The molecule has 0 atom stereocenters. The molecule has 138 valence electrons. The van der Waals surface area contributed by atoms with Gasteiger partial charge in [0.15, 0.2) is 0 Å². The molecule has 0 saturated heterocycles. The van der Waals surface area contributed by atoms with Crippen LogP contribution in [-0.2, 0) is 13.0 Å². The lowest BCUT2D eigenvalue weighted by atomic mass is 10.1. The first-order valence-corrected chi connectivity index (χ1v) is 9.26. The number of benzene rings is 2. The van der Waals surface area contributed by atoms with Gasteiger partial charge in [-0.3, -0.25) is 4.79 Å². The van der Waals surface area contributed by atoms with Crippen LogP contribution in [0.3, 0.4) is 0 Å². The normalized spacial score (nSPS) is 10.4. The van der Waals surface area contributed by atoms with Crippen molar-refractivity contribution in [3.63, 3.8) is 0 Å². The van der Waals surface area contributed by atoms with E-state index in [-0.39, 0.29) is 5.91 Å². The SMILES string of the molecule is Cc1cccc(CNC(=O)c2ccc(NCCc3cccc(Cl)c3)nc2)c1. The molecule has 1 heterocycles. The first-order chi connectivity index (χ1) is 13.1. The topological polar surface area (TPSA) is 54.0 Å². The van der Waals surface area contributed by atoms with Gasteiger partial charge in [0.25, 0.3) is 5.91 Å². The lowest BCUT2D eigenvalue weighted by molar-refractivity contribution is 0.0950. The van der Waals surface area contributed by atoms with Crippen LogP contribution in [0.4, 0.5) is 5.82 Å². The van der Waals surface area contributed by atoms with E-state index in [4.69, 9.17) is 11.6 Å². The van der Waals surface area contributed by atoms with Crippen LogP contribution < -0.4 is 10.6 Å². The number of nitrogens with one attached hydrogen (secondary N) is 2. The lowest BCUT2D eigenvalue weighted by Gasteiger charge is -2.08. The molecule has 27 heavy (non-hydrogen) atoms. The van der Waals surface area contributed by atoms with Gasteiger partial charge in [-0.15, -0.1) is 0 Å². The fourth-order valence-electron chi connectivity index (χ4n) is 2.77. The largest absolute Gasteiger partial charge is 0.370 e. The summed E-state index contributed by atoms with van der Waals surface area (Å²) in [5, 5.41) is 6.92. The minimum absolute atomic E-state index is 0.130. The highest BCUT2D eigenvalue weighted by Gasteiger charge is 2.06. The summed E-state index contributed by atoms with van der Waals surface area (Å²) < 4.78 is 0. The van der Waals surface area contributed by atoms with Gasteiger partial charge in [0.05, 0.1) is 5.56 Å². The summed E-state index contributed by atoms with van der Waals surface area (Å²) in [6, 6.07) is 19.5. The number of halogens is 1. The van der Waals surface area contributed by atoms with E-state index in [0.29, 0.717) is 12.1 Å². The second kappa shape index (κ2) is 9.19. The van der Waals surface area contributed by atoms with E-state index in [1.165, 1.54) is 11.1 Å². The summed E-state index contributed by atoms with van der Waals surface area (Å²) in [6.45, 7) is 3.28. The van der Waals surface area contributed by atoms with Gasteiger partial charge in [0.2, 0.25) is 0 Å². The van der Waals surface area contributed by atoms with Gasteiger partial charge >= 0.3 is 0 Å². The Morgan fingerprint density at radius 2 is 1.85 bits per heavy atom. The number of pyridine rings is 1. The summed E-state index contributed by atoms with van der Waals surface area (Å²) in [5.41, 5.74) is 3.97. The number of nitrogens with zero attached hydrogens (tertiary/aromatic N) is 1. The Morgan fingerprint density at radius 3 is 2.59 bits per heavy atom. The Hall–Kier alpha value is -2.85. The molecule has 0 saturated carbocycles. The van der Waals surface area contributed by atoms with E-state index in [9.17, 15) is 4.79 Å². The van der Waals surface area contributed by atoms with Gasteiger partial charge < -0.3 is 10.6 Å². The molecule has 0 fully saturated rings. The first kappa shape index (κ1) is 18.9. The number of anilines is 1. The molecular formula is C22H22ClN3O. The summed E-state index contributed by atoms with van der Waals surface area (Å²) in [6.07, 6.45) is 2.44. The Balaban J connectivity index is 1.48. The molecule has 2 N–H and O–H groups in total. The predicted octanol–water partition coefficient (Wildman–Crippen LogP) is 4.63. The molecule has 0 aliphatic heterocycles. The second-order valence-corrected chi connectivity index (χ2v) is 6.85. The smallest absolute Gasteiger partial charge is 0.253 e. The van der Waals surface area contributed by atoms with Crippen LogP contribution >= 0.6 is 11.6 Å². The molecule has 0 aliphatic carbocycles. The monoisotopic (exact) mass is 379 g/mol. The molecule has 1 amide bonds. The van der Waals surface area contributed by atoms with E-state index >= 15 is 0 Å². The predicted molar refractivity (Wildman–Crippen MR) is 110 cm³/mol. The zero-order valence-corrected chi connectivity index (χ0v) is 16.0. The van der Waals surface area contributed by atoms with Crippen LogP contribution in [0.1, 0.15) is 27.0 Å². The van der Waals surface area contributed by atoms with Gasteiger partial charge in [-0.2, -0.15) is 0 Å². The minimum atomic E-state index is -0.130. The Kier molecular flexibility index (Phi) is 6.44. The maximum atomic E-state index is 12.3. The molecule has 0 spiro atoms. The number of rotatable bonds is 7. The van der Waals surface area contributed by atoms with Crippen LogP contribution in [0.25, 0.3) is 0 Å². The van der Waals surface area contributed by atoms with E-state index < -0.39 is 0 Å². The standard InChI is InChI=1S/C22H22ClN3O/c1-16-4-2-6-18(12-16)14-26-22(27)19-8-9-21(25-15-19)24-11-10-17-5-3-7-20(23)13-17/h2-9,12-13,15H,10-11,14H2,1H3,(H,24,25)(H,26,27). The number of hydrogen-bond donors (Lipinski definition) is 2. The summed E-state index contributed by atoms with van der Waals surface area (Å²) >= 11 is 5.99. The van der Waals surface area contributed by atoms with E-state index in [1.807, 2.05) is 55.5 Å². The van der Waals surface area contributed by atoms with Crippen LogP contribution in [0.15, 0.2) is 66.9 Å². The zero-order chi connectivity index (χ0) is 19.1. The van der Waals surface area contributed by atoms with E-state index in [0.717, 1.165) is 29.4 Å². The third kappa shape index (κ3) is 5.83. The summed E-state index contributed by atoms with van der Waals surface area (Å²) in [4.78, 5) is 16.6. The van der Waals surface area contributed by atoms with Gasteiger partial charge in [-0.1, -0.05) is 53.6 Å². The van der Waals surface area contributed by atoms with Crippen molar-refractivity contribution >= 4 is 23.3 Å². The van der Waals surface area contributed by atoms with E-state index in [2.05, 4.69) is 21.7 Å². The molecule has 3 rings (SSSR count). The number of aryl methyl sites for hydroxylation is 1. The number of hydrogen-bond acceptors (Lipinski definition) is 3. The Morgan fingerprint density at radius 1 is 1.04 bits per heavy atom. The highest BCUT2D eigenvalue weighted by atomic mass is 35.5. The van der Waals surface area contributed by atoms with Crippen molar-refractivity contribution in [2.24, 2.45) is 0 Å². The van der Waals surface area contributed by atoms with Gasteiger partial charge in [-0.25, -0.2) is 4.98 Å². The van der Waals surface area contributed by atoms with Crippen LogP contribution in [-0.4, -0.2) is 17.4 Å². The number of carbonyl (C=O) groups is 1. The summed E-state index contributed by atoms with van der Waals surface area (Å²) in [5.74, 6) is 0.613. The quantitative estimate of drug-likeness (QED) is 0.629. The van der Waals surface area contributed by atoms with Crippen molar-refractivity contribution in [3.8, 4) is 0 Å². The average Bonchev–Trinajstić information content (AvgIpc) is 2.67. The molecule has 2 aromatic carbocycles. The van der Waals surface area contributed by atoms with Crippen molar-refractivity contribution in [3.05, 3.63) is 94.1 Å². The van der Waals surface area contributed by atoms with Gasteiger partial charge in [-0.05, 0) is 48.7 Å². The lowest BCUT2D eigenvalue weighted by Crippen LogP contribution is -2.23. The van der Waals surface area contributed by atoms with E-state index in [1.54, 1.807) is 12.3 Å². The molecule has 0 bridgehead atoms. The van der Waals surface area contributed by atoms with Crippen LogP contribution in [0, 0.1) is 6.92 Å². The van der Waals surface area contributed by atoms with Gasteiger partial charge in [0, 0.05) is 24.3 Å². The third-order valence-corrected chi connectivity index (χ3v) is 4.41. The second-order valence-electron chi connectivity index (χ2n) is 6.41. The molecule has 4 nitrogen and oxygen atoms in total. The summed E-state index contributed by atoms with van der Waals surface area (Å²) in [7, 11) is 0. The average molecular weight is 380 g/mol. The van der Waals surface area contributed by atoms with Crippen LogP contribution in [0.2, 0.25) is 5.02 Å².